The molecule has 0 radical (unpaired) electrons. The largest absolute Gasteiger partial charge is 0.454 e. The molecule has 2 heterocycles. The number of sulfone groups is 1. The molecule has 1 fully saturated rings. The molecule has 2 amide bonds. The quantitative estimate of drug-likeness (QED) is 0.717. The van der Waals surface area contributed by atoms with Crippen LogP contribution in [0.4, 0.5) is 0 Å². The maximum Gasteiger partial charge on any atom is 0.232 e. The summed E-state index contributed by atoms with van der Waals surface area (Å²) < 4.78 is 33.7. The van der Waals surface area contributed by atoms with Crippen LogP contribution in [0.3, 0.4) is 0 Å². The summed E-state index contributed by atoms with van der Waals surface area (Å²) in [7, 11) is -3.08. The minimum absolute atomic E-state index is 0.0224. The zero-order valence-electron chi connectivity index (χ0n) is 14.6. The highest BCUT2D eigenvalue weighted by atomic mass is 32.2. The normalized spacial score (nSPS) is 20.0. The number of carbonyl (C=O) groups is 2. The first-order valence-electron chi connectivity index (χ1n) is 8.53. The van der Waals surface area contributed by atoms with Crippen molar-refractivity contribution in [1.29, 1.82) is 0 Å². The predicted octanol–water partition coefficient (Wildman–Crippen LogP) is 0.457. The van der Waals surface area contributed by atoms with E-state index in [1.54, 1.807) is 19.1 Å². The lowest BCUT2D eigenvalue weighted by atomic mass is 10.2. The molecule has 9 heteroatoms. The van der Waals surface area contributed by atoms with E-state index in [1.165, 1.54) is 4.90 Å². The molecule has 1 atom stereocenters. The summed E-state index contributed by atoms with van der Waals surface area (Å²) in [5.41, 5.74) is 0.837. The number of fused-ring (bicyclic) bond motifs is 1. The highest BCUT2D eigenvalue weighted by Gasteiger charge is 2.34. The molecule has 0 bridgehead atoms. The third-order valence-electron chi connectivity index (χ3n) is 4.55. The van der Waals surface area contributed by atoms with Crippen LogP contribution in [0.25, 0.3) is 0 Å². The van der Waals surface area contributed by atoms with Gasteiger partial charge in [0.2, 0.25) is 18.6 Å². The van der Waals surface area contributed by atoms with Gasteiger partial charge in [-0.1, -0.05) is 6.07 Å². The summed E-state index contributed by atoms with van der Waals surface area (Å²) in [4.78, 5) is 26.0. The predicted molar refractivity (Wildman–Crippen MR) is 93.5 cm³/mol. The van der Waals surface area contributed by atoms with Gasteiger partial charge in [-0.2, -0.15) is 0 Å². The summed E-state index contributed by atoms with van der Waals surface area (Å²) in [6, 6.07) is 5.04. The Balaban J connectivity index is 1.51. The smallest absolute Gasteiger partial charge is 0.232 e. The molecule has 0 aliphatic carbocycles. The van der Waals surface area contributed by atoms with Crippen molar-refractivity contribution in [2.45, 2.75) is 32.4 Å². The maximum absolute atomic E-state index is 12.4. The van der Waals surface area contributed by atoms with Crippen LogP contribution in [0.5, 0.6) is 11.5 Å². The molecule has 0 saturated carbocycles. The summed E-state index contributed by atoms with van der Waals surface area (Å²) in [5, 5.41) is 2.71. The van der Waals surface area contributed by atoms with Crippen molar-refractivity contribution in [3.05, 3.63) is 23.8 Å². The lowest BCUT2D eigenvalue weighted by Crippen LogP contribution is -2.43. The second kappa shape index (κ2) is 7.53. The number of nitrogens with one attached hydrogen (secondary N) is 1. The zero-order valence-corrected chi connectivity index (χ0v) is 15.4. The molecule has 3 rings (SSSR count). The molecule has 1 aromatic carbocycles. The van der Waals surface area contributed by atoms with E-state index < -0.39 is 15.7 Å². The van der Waals surface area contributed by atoms with Gasteiger partial charge in [0.15, 0.2) is 21.3 Å². The van der Waals surface area contributed by atoms with Crippen molar-refractivity contribution >= 4 is 21.7 Å². The van der Waals surface area contributed by atoms with Gasteiger partial charge in [-0.05, 0) is 31.0 Å². The number of benzene rings is 1. The zero-order chi connectivity index (χ0) is 18.7. The Kier molecular flexibility index (Phi) is 5.36. The van der Waals surface area contributed by atoms with Gasteiger partial charge < -0.3 is 19.7 Å². The van der Waals surface area contributed by atoms with Crippen LogP contribution in [0.15, 0.2) is 18.2 Å². The average molecular weight is 382 g/mol. The van der Waals surface area contributed by atoms with Crippen LogP contribution in [-0.4, -0.2) is 56.0 Å². The van der Waals surface area contributed by atoms with Crippen molar-refractivity contribution in [2.75, 3.05) is 24.8 Å². The summed E-state index contributed by atoms with van der Waals surface area (Å²) >= 11 is 0. The first kappa shape index (κ1) is 18.5. The molecule has 26 heavy (non-hydrogen) atoms. The van der Waals surface area contributed by atoms with Crippen molar-refractivity contribution in [1.82, 2.24) is 10.2 Å². The van der Waals surface area contributed by atoms with E-state index in [0.29, 0.717) is 24.5 Å². The second-order valence-corrected chi connectivity index (χ2v) is 8.61. The third kappa shape index (κ3) is 4.27. The Hall–Kier alpha value is -2.29. The lowest BCUT2D eigenvalue weighted by Gasteiger charge is -2.26. The number of ether oxygens (including phenoxy) is 2. The number of carbonyl (C=O) groups excluding carboxylic acids is 2. The topological polar surface area (TPSA) is 102 Å². The van der Waals surface area contributed by atoms with E-state index in [0.717, 1.165) is 5.56 Å². The van der Waals surface area contributed by atoms with Crippen molar-refractivity contribution in [3.63, 3.8) is 0 Å². The van der Waals surface area contributed by atoms with Crippen molar-refractivity contribution < 1.29 is 27.5 Å². The Labute approximate surface area is 152 Å². The minimum atomic E-state index is -3.08. The van der Waals surface area contributed by atoms with Crippen LogP contribution in [-0.2, 0) is 26.0 Å². The standard InChI is InChI=1S/C17H22N2O6S/c1-2-19(13-5-6-26(22,23)10-13)17(21)8-16(20)18-9-12-3-4-14-15(7-12)25-11-24-14/h3-4,7,13H,2,5-6,8-11H2,1H3,(H,18,20). The van der Waals surface area contributed by atoms with Crippen molar-refractivity contribution in [2.24, 2.45) is 0 Å². The first-order chi connectivity index (χ1) is 12.4. The Morgan fingerprint density at radius 1 is 1.27 bits per heavy atom. The summed E-state index contributed by atoms with van der Waals surface area (Å²) in [6.07, 6.45) is 0.135. The van der Waals surface area contributed by atoms with E-state index in [2.05, 4.69) is 5.32 Å². The fraction of sp³-hybridized carbons (Fsp3) is 0.529. The van der Waals surface area contributed by atoms with Crippen LogP contribution >= 0.6 is 0 Å². The van der Waals surface area contributed by atoms with E-state index >= 15 is 0 Å². The monoisotopic (exact) mass is 382 g/mol. The van der Waals surface area contributed by atoms with Gasteiger partial charge in [0, 0.05) is 19.1 Å². The second-order valence-electron chi connectivity index (χ2n) is 6.38. The number of amides is 2. The highest BCUT2D eigenvalue weighted by molar-refractivity contribution is 7.91. The molecule has 2 aliphatic heterocycles. The van der Waals surface area contributed by atoms with E-state index in [1.807, 2.05) is 6.07 Å². The van der Waals surface area contributed by atoms with Gasteiger partial charge in [-0.3, -0.25) is 9.59 Å². The molecule has 1 aromatic rings. The average Bonchev–Trinajstić information content (AvgIpc) is 3.19. The van der Waals surface area contributed by atoms with E-state index in [-0.39, 0.29) is 43.2 Å². The Morgan fingerprint density at radius 2 is 2.04 bits per heavy atom. The van der Waals surface area contributed by atoms with Crippen LogP contribution in [0.1, 0.15) is 25.3 Å². The molecule has 1 N–H and O–H groups in total. The lowest BCUT2D eigenvalue weighted by molar-refractivity contribution is -0.137. The van der Waals surface area contributed by atoms with Crippen LogP contribution in [0.2, 0.25) is 0 Å². The number of nitrogens with zero attached hydrogens (tertiary/aromatic N) is 1. The Morgan fingerprint density at radius 3 is 2.73 bits per heavy atom. The molecule has 1 unspecified atom stereocenters. The molecule has 1 saturated heterocycles. The van der Waals surface area contributed by atoms with Gasteiger partial charge >= 0.3 is 0 Å². The minimum Gasteiger partial charge on any atom is -0.454 e. The Bertz CT molecular complexity index is 807. The van der Waals surface area contributed by atoms with Crippen LogP contribution in [0, 0.1) is 0 Å². The molecule has 0 spiro atoms. The first-order valence-corrected chi connectivity index (χ1v) is 10.3. The molecule has 142 valence electrons. The molecular formula is C17H22N2O6S. The fourth-order valence-electron chi connectivity index (χ4n) is 3.21. The van der Waals surface area contributed by atoms with Crippen LogP contribution < -0.4 is 14.8 Å². The molecule has 2 aliphatic rings. The van der Waals surface area contributed by atoms with Crippen molar-refractivity contribution in [3.8, 4) is 11.5 Å². The number of hydrogen-bond acceptors (Lipinski definition) is 6. The van der Waals surface area contributed by atoms with Gasteiger partial charge in [-0.15, -0.1) is 0 Å². The van der Waals surface area contributed by atoms with E-state index in [9.17, 15) is 18.0 Å². The van der Waals surface area contributed by atoms with Gasteiger partial charge in [0.25, 0.3) is 0 Å². The summed E-state index contributed by atoms with van der Waals surface area (Å²) in [5.74, 6) is 0.626. The van der Waals surface area contributed by atoms with Gasteiger partial charge in [0.05, 0.1) is 11.5 Å². The SMILES string of the molecule is CCN(C(=O)CC(=O)NCc1ccc2c(c1)OCO2)C1CCS(=O)(=O)C1. The molecular weight excluding hydrogens is 360 g/mol. The number of hydrogen-bond donors (Lipinski definition) is 1. The highest BCUT2D eigenvalue weighted by Crippen LogP contribution is 2.32. The van der Waals surface area contributed by atoms with Gasteiger partial charge in [0.1, 0.15) is 6.42 Å². The maximum atomic E-state index is 12.4. The fourth-order valence-corrected chi connectivity index (χ4v) is 4.94. The molecule has 0 aromatic heterocycles. The third-order valence-corrected chi connectivity index (χ3v) is 6.30. The van der Waals surface area contributed by atoms with Gasteiger partial charge in [-0.25, -0.2) is 8.42 Å². The summed E-state index contributed by atoms with van der Waals surface area (Å²) in [6.45, 7) is 2.62. The number of rotatable bonds is 6. The molecule has 8 nitrogen and oxygen atoms in total. The van der Waals surface area contributed by atoms with E-state index in [4.69, 9.17) is 9.47 Å².